The molecule has 27 heavy (non-hydrogen) atoms. The monoisotopic (exact) mass is 405 g/mol. The van der Waals surface area contributed by atoms with E-state index in [4.69, 9.17) is 16.6 Å². The van der Waals surface area contributed by atoms with Crippen molar-refractivity contribution in [3.63, 3.8) is 0 Å². The molecule has 0 bridgehead atoms. The van der Waals surface area contributed by atoms with Crippen molar-refractivity contribution in [2.24, 2.45) is 11.5 Å². The first-order chi connectivity index (χ1) is 12.6. The van der Waals surface area contributed by atoms with Crippen LogP contribution in [0.15, 0.2) is 0 Å². The minimum absolute atomic E-state index is 0.0462. The maximum atomic E-state index is 11.9. The van der Waals surface area contributed by atoms with E-state index in [0.29, 0.717) is 5.75 Å². The Hall–Kier alpha value is -2.34. The number of thioether (sulfide) groups is 1. The van der Waals surface area contributed by atoms with Crippen LogP contribution in [0.5, 0.6) is 0 Å². The second-order valence-corrected chi connectivity index (χ2v) is 6.78. The third-order valence-electron chi connectivity index (χ3n) is 3.46. The summed E-state index contributed by atoms with van der Waals surface area (Å²) in [5.74, 6) is -3.12. The zero-order valence-electron chi connectivity index (χ0n) is 15.3. The van der Waals surface area contributed by atoms with Crippen molar-refractivity contribution in [2.75, 3.05) is 18.6 Å². The fourth-order valence-electron chi connectivity index (χ4n) is 1.87. The summed E-state index contributed by atoms with van der Waals surface area (Å²) in [5, 5.41) is 16.0. The quantitative estimate of drug-likeness (QED) is 0.194. The van der Waals surface area contributed by atoms with Gasteiger partial charge in [-0.25, -0.2) is 4.79 Å². The fraction of sp³-hybridized carbons (Fsp3) is 0.667. The van der Waals surface area contributed by atoms with Gasteiger partial charge in [0.05, 0.1) is 12.6 Å². The molecule has 0 aromatic heterocycles. The normalized spacial score (nSPS) is 13.7. The number of carboxylic acid groups (broad SMARTS) is 1. The van der Waals surface area contributed by atoms with Crippen LogP contribution < -0.4 is 27.4 Å². The highest BCUT2D eigenvalue weighted by Crippen LogP contribution is 2.01. The van der Waals surface area contributed by atoms with Crippen LogP contribution >= 0.6 is 11.8 Å². The topological polar surface area (TPSA) is 194 Å². The molecule has 12 heteroatoms. The molecule has 0 aromatic rings. The summed E-state index contributed by atoms with van der Waals surface area (Å²) in [4.78, 5) is 57.3. The van der Waals surface area contributed by atoms with Gasteiger partial charge in [-0.15, -0.1) is 0 Å². The summed E-state index contributed by atoms with van der Waals surface area (Å²) in [6, 6.07) is -3.01. The van der Waals surface area contributed by atoms with Crippen LogP contribution in [-0.2, 0) is 24.0 Å². The van der Waals surface area contributed by atoms with Gasteiger partial charge in [0.15, 0.2) is 0 Å². The van der Waals surface area contributed by atoms with Gasteiger partial charge in [0.2, 0.25) is 23.6 Å². The Morgan fingerprint density at radius 1 is 1.07 bits per heavy atom. The molecule has 0 fully saturated rings. The number of primary amides is 1. The van der Waals surface area contributed by atoms with E-state index in [-0.39, 0.29) is 19.3 Å². The molecule has 0 aliphatic carbocycles. The summed E-state index contributed by atoms with van der Waals surface area (Å²) in [5.41, 5.74) is 10.6. The van der Waals surface area contributed by atoms with Gasteiger partial charge < -0.3 is 32.5 Å². The van der Waals surface area contributed by atoms with Gasteiger partial charge in [-0.2, -0.15) is 11.8 Å². The number of nitrogens with two attached hydrogens (primary N) is 2. The molecule has 154 valence electrons. The highest BCUT2D eigenvalue weighted by molar-refractivity contribution is 7.98. The summed E-state index contributed by atoms with van der Waals surface area (Å²) in [6.45, 7) is 0.959. The number of hydrogen-bond acceptors (Lipinski definition) is 7. The van der Waals surface area contributed by atoms with Crippen molar-refractivity contribution in [3.8, 4) is 0 Å². The van der Waals surface area contributed by atoms with Gasteiger partial charge in [0.1, 0.15) is 12.1 Å². The molecule has 0 aromatic carbocycles. The third kappa shape index (κ3) is 11.1. The largest absolute Gasteiger partial charge is 0.480 e. The Labute approximate surface area is 161 Å². The number of carboxylic acids is 1. The lowest BCUT2D eigenvalue weighted by Gasteiger charge is -2.18. The zero-order chi connectivity index (χ0) is 21.0. The summed E-state index contributed by atoms with van der Waals surface area (Å²) >= 11 is 1.45. The van der Waals surface area contributed by atoms with E-state index in [0.717, 1.165) is 0 Å². The first-order valence-electron chi connectivity index (χ1n) is 8.21. The van der Waals surface area contributed by atoms with Crippen LogP contribution in [0.3, 0.4) is 0 Å². The first-order valence-corrected chi connectivity index (χ1v) is 9.60. The molecule has 3 unspecified atom stereocenters. The van der Waals surface area contributed by atoms with Crippen LogP contribution in [0.25, 0.3) is 0 Å². The second kappa shape index (κ2) is 12.9. The molecule has 0 aliphatic rings. The smallest absolute Gasteiger partial charge is 0.326 e. The molecule has 0 aliphatic heterocycles. The number of hydrogen-bond donors (Lipinski definition) is 6. The van der Waals surface area contributed by atoms with Crippen LogP contribution in [0, 0.1) is 0 Å². The van der Waals surface area contributed by atoms with Crippen LogP contribution in [-0.4, -0.2) is 71.4 Å². The molecule has 3 atom stereocenters. The summed E-state index contributed by atoms with van der Waals surface area (Å²) in [7, 11) is 0. The predicted molar refractivity (Wildman–Crippen MR) is 99.6 cm³/mol. The average molecular weight is 405 g/mol. The van der Waals surface area contributed by atoms with Gasteiger partial charge >= 0.3 is 5.97 Å². The number of amides is 4. The highest BCUT2D eigenvalue weighted by atomic mass is 32.2. The van der Waals surface area contributed by atoms with Crippen molar-refractivity contribution >= 4 is 41.4 Å². The zero-order valence-corrected chi connectivity index (χ0v) is 16.1. The van der Waals surface area contributed by atoms with Gasteiger partial charge in [-0.05, 0) is 31.8 Å². The number of rotatable bonds is 13. The maximum absolute atomic E-state index is 11.9. The standard InChI is InChI=1S/C15H27N5O6S/c1-8(19-14(24)9(16)3-4-11(17)21)13(23)18-7-12(22)20-10(15(25)26)5-6-27-2/h8-10H,3-7,16H2,1-2H3,(H2,17,21)(H,18,23)(H,19,24)(H,20,22)(H,25,26). The van der Waals surface area contributed by atoms with Crippen LogP contribution in [0.1, 0.15) is 26.2 Å². The Kier molecular flexibility index (Phi) is 11.8. The Bertz CT molecular complexity index is 559. The molecule has 8 N–H and O–H groups in total. The molecular formula is C15H27N5O6S. The van der Waals surface area contributed by atoms with Gasteiger partial charge in [0.25, 0.3) is 0 Å². The van der Waals surface area contributed by atoms with E-state index in [9.17, 15) is 24.0 Å². The van der Waals surface area contributed by atoms with Gasteiger partial charge in [-0.3, -0.25) is 19.2 Å². The Morgan fingerprint density at radius 2 is 1.70 bits per heavy atom. The third-order valence-corrected chi connectivity index (χ3v) is 4.10. The first kappa shape index (κ1) is 24.7. The highest BCUT2D eigenvalue weighted by Gasteiger charge is 2.22. The predicted octanol–water partition coefficient (Wildman–Crippen LogP) is -2.48. The molecule has 0 rings (SSSR count). The minimum Gasteiger partial charge on any atom is -0.480 e. The molecule has 0 radical (unpaired) electrons. The SMILES string of the molecule is CSCCC(NC(=O)CNC(=O)C(C)NC(=O)C(N)CCC(N)=O)C(=O)O. The molecular weight excluding hydrogens is 378 g/mol. The summed E-state index contributed by atoms with van der Waals surface area (Å²) < 4.78 is 0. The van der Waals surface area contributed by atoms with Crippen molar-refractivity contribution in [1.82, 2.24) is 16.0 Å². The van der Waals surface area contributed by atoms with Gasteiger partial charge in [0, 0.05) is 6.42 Å². The molecule has 0 saturated carbocycles. The average Bonchev–Trinajstić information content (AvgIpc) is 2.60. The fourth-order valence-corrected chi connectivity index (χ4v) is 2.35. The van der Waals surface area contributed by atoms with E-state index in [2.05, 4.69) is 16.0 Å². The number of nitrogens with one attached hydrogen (secondary N) is 3. The molecule has 0 spiro atoms. The van der Waals surface area contributed by atoms with Crippen molar-refractivity contribution in [3.05, 3.63) is 0 Å². The lowest BCUT2D eigenvalue weighted by molar-refractivity contribution is -0.141. The maximum Gasteiger partial charge on any atom is 0.326 e. The Balaban J connectivity index is 4.34. The van der Waals surface area contributed by atoms with Crippen molar-refractivity contribution < 1.29 is 29.1 Å². The second-order valence-electron chi connectivity index (χ2n) is 5.80. The molecule has 0 heterocycles. The number of carbonyl (C=O) groups is 5. The van der Waals surface area contributed by atoms with Crippen LogP contribution in [0.4, 0.5) is 0 Å². The van der Waals surface area contributed by atoms with E-state index < -0.39 is 54.3 Å². The molecule has 4 amide bonds. The number of carbonyl (C=O) groups excluding carboxylic acids is 4. The minimum atomic E-state index is -1.16. The van der Waals surface area contributed by atoms with Gasteiger partial charge in [-0.1, -0.05) is 0 Å². The van der Waals surface area contributed by atoms with E-state index in [1.165, 1.54) is 18.7 Å². The van der Waals surface area contributed by atoms with Crippen molar-refractivity contribution in [1.29, 1.82) is 0 Å². The van der Waals surface area contributed by atoms with Crippen LogP contribution in [0.2, 0.25) is 0 Å². The Morgan fingerprint density at radius 3 is 2.22 bits per heavy atom. The lowest BCUT2D eigenvalue weighted by Crippen LogP contribution is -2.52. The molecule has 11 nitrogen and oxygen atoms in total. The number of aliphatic carboxylic acids is 1. The van der Waals surface area contributed by atoms with E-state index in [1.54, 1.807) is 0 Å². The van der Waals surface area contributed by atoms with E-state index in [1.807, 2.05) is 6.26 Å². The van der Waals surface area contributed by atoms with E-state index >= 15 is 0 Å². The summed E-state index contributed by atoms with van der Waals surface area (Å²) in [6.07, 6.45) is 2.06. The van der Waals surface area contributed by atoms with Crippen molar-refractivity contribution in [2.45, 2.75) is 44.3 Å². The molecule has 0 saturated heterocycles. The lowest BCUT2D eigenvalue weighted by atomic mass is 10.1.